The lowest BCUT2D eigenvalue weighted by atomic mass is 10.1. The van der Waals surface area contributed by atoms with Crippen LogP contribution in [0.2, 0.25) is 0 Å². The fraction of sp³-hybridized carbons (Fsp3) is 0.308. The van der Waals surface area contributed by atoms with Gasteiger partial charge in [-0.05, 0) is 30.7 Å². The van der Waals surface area contributed by atoms with E-state index in [4.69, 9.17) is 5.73 Å². The van der Waals surface area contributed by atoms with Gasteiger partial charge in [-0.3, -0.25) is 4.98 Å². The van der Waals surface area contributed by atoms with Gasteiger partial charge in [0.2, 0.25) is 0 Å². The van der Waals surface area contributed by atoms with E-state index in [-0.39, 0.29) is 5.75 Å². The normalized spacial score (nSPS) is 11.8. The Labute approximate surface area is 108 Å². The number of fused-ring (bicyclic) bond motifs is 1. The van der Waals surface area contributed by atoms with Crippen LogP contribution in [0, 0.1) is 0 Å². The highest BCUT2D eigenvalue weighted by molar-refractivity contribution is 5.91. The van der Waals surface area contributed by atoms with E-state index < -0.39 is 12.8 Å². The van der Waals surface area contributed by atoms with Gasteiger partial charge in [0.15, 0.2) is 6.61 Å². The van der Waals surface area contributed by atoms with Gasteiger partial charge >= 0.3 is 6.18 Å². The van der Waals surface area contributed by atoms with Crippen molar-refractivity contribution < 1.29 is 17.9 Å². The first-order valence-corrected chi connectivity index (χ1v) is 5.78. The number of ether oxygens (including phenoxy) is 1. The van der Waals surface area contributed by atoms with Gasteiger partial charge < -0.3 is 10.5 Å². The lowest BCUT2D eigenvalue weighted by molar-refractivity contribution is -0.153. The van der Waals surface area contributed by atoms with Crippen molar-refractivity contribution in [3.8, 4) is 5.75 Å². The molecule has 0 saturated heterocycles. The molecule has 0 aliphatic carbocycles. The third kappa shape index (κ3) is 3.27. The summed E-state index contributed by atoms with van der Waals surface area (Å²) in [6.07, 6.45) is -3.61. The number of halogens is 3. The van der Waals surface area contributed by atoms with Crippen LogP contribution in [0.5, 0.6) is 5.75 Å². The highest BCUT2D eigenvalue weighted by Crippen LogP contribution is 2.26. The third-order valence-electron chi connectivity index (χ3n) is 2.63. The Hall–Kier alpha value is -1.98. The predicted octanol–water partition coefficient (Wildman–Crippen LogP) is 3.32. The van der Waals surface area contributed by atoms with Gasteiger partial charge in [0.05, 0.1) is 5.52 Å². The molecule has 0 spiro atoms. The van der Waals surface area contributed by atoms with Crippen molar-refractivity contribution in [1.82, 2.24) is 4.98 Å². The number of aromatic nitrogens is 1. The Morgan fingerprint density at radius 3 is 2.63 bits per heavy atom. The van der Waals surface area contributed by atoms with E-state index in [0.29, 0.717) is 16.6 Å². The van der Waals surface area contributed by atoms with Crippen LogP contribution in [0.15, 0.2) is 24.3 Å². The zero-order valence-electron chi connectivity index (χ0n) is 10.3. The molecule has 102 valence electrons. The summed E-state index contributed by atoms with van der Waals surface area (Å²) in [6, 6.07) is 6.26. The zero-order valence-corrected chi connectivity index (χ0v) is 10.3. The number of rotatable bonds is 3. The molecule has 0 radical (unpaired) electrons. The number of nitrogens with two attached hydrogens (primary N) is 1. The van der Waals surface area contributed by atoms with Gasteiger partial charge in [0.1, 0.15) is 5.75 Å². The molecule has 2 rings (SSSR count). The lowest BCUT2D eigenvalue weighted by Crippen LogP contribution is -2.19. The van der Waals surface area contributed by atoms with E-state index in [2.05, 4.69) is 9.72 Å². The Morgan fingerprint density at radius 2 is 2.00 bits per heavy atom. The van der Waals surface area contributed by atoms with E-state index in [9.17, 15) is 13.2 Å². The fourth-order valence-electron chi connectivity index (χ4n) is 1.72. The minimum absolute atomic E-state index is 0.127. The molecule has 2 aromatic rings. The highest BCUT2D eigenvalue weighted by Gasteiger charge is 2.28. The van der Waals surface area contributed by atoms with E-state index in [0.717, 1.165) is 12.1 Å². The van der Waals surface area contributed by atoms with Gasteiger partial charge in [0.25, 0.3) is 0 Å². The van der Waals surface area contributed by atoms with Crippen molar-refractivity contribution in [3.63, 3.8) is 0 Å². The summed E-state index contributed by atoms with van der Waals surface area (Å²) in [7, 11) is 0. The number of nitrogens with zero attached hydrogens (tertiary/aromatic N) is 1. The van der Waals surface area contributed by atoms with Gasteiger partial charge in [-0.1, -0.05) is 6.92 Å². The number of pyridine rings is 1. The number of anilines is 1. The molecule has 1 heterocycles. The summed E-state index contributed by atoms with van der Waals surface area (Å²) in [5.41, 5.74) is 7.84. The van der Waals surface area contributed by atoms with Crippen LogP contribution >= 0.6 is 0 Å². The first kappa shape index (κ1) is 13.5. The molecular formula is C13H13F3N2O. The predicted molar refractivity (Wildman–Crippen MR) is 67.1 cm³/mol. The first-order chi connectivity index (χ1) is 8.89. The van der Waals surface area contributed by atoms with Gasteiger partial charge in [0, 0.05) is 16.8 Å². The monoisotopic (exact) mass is 270 g/mol. The molecule has 0 aliphatic heterocycles. The number of nitrogen functional groups attached to an aromatic ring is 1. The number of hydrogen-bond donors (Lipinski definition) is 1. The molecular weight excluding hydrogens is 257 g/mol. The SMILES string of the molecule is CCc1cc(N)c2cc(OCC(F)(F)F)ccc2n1. The van der Waals surface area contributed by atoms with Crippen LogP contribution in [0.3, 0.4) is 0 Å². The van der Waals surface area contributed by atoms with Crippen molar-refractivity contribution in [2.45, 2.75) is 19.5 Å². The number of aryl methyl sites for hydroxylation is 1. The summed E-state index contributed by atoms with van der Waals surface area (Å²) < 4.78 is 40.9. The molecule has 2 N–H and O–H groups in total. The molecule has 1 aromatic carbocycles. The third-order valence-corrected chi connectivity index (χ3v) is 2.63. The van der Waals surface area contributed by atoms with Crippen LogP contribution in [0.1, 0.15) is 12.6 Å². The second-order valence-corrected chi connectivity index (χ2v) is 4.14. The van der Waals surface area contributed by atoms with Crippen molar-refractivity contribution in [2.75, 3.05) is 12.3 Å². The van der Waals surface area contributed by atoms with E-state index in [1.165, 1.54) is 12.1 Å². The Morgan fingerprint density at radius 1 is 1.26 bits per heavy atom. The molecule has 0 bridgehead atoms. The van der Waals surface area contributed by atoms with Crippen LogP contribution in [0.25, 0.3) is 10.9 Å². The maximum absolute atomic E-state index is 12.1. The van der Waals surface area contributed by atoms with Crippen LogP contribution < -0.4 is 10.5 Å². The van der Waals surface area contributed by atoms with Crippen molar-refractivity contribution in [2.24, 2.45) is 0 Å². The number of benzene rings is 1. The summed E-state index contributed by atoms with van der Waals surface area (Å²) in [5.74, 6) is 0.127. The molecule has 0 unspecified atom stereocenters. The fourth-order valence-corrected chi connectivity index (χ4v) is 1.72. The molecule has 6 heteroatoms. The average molecular weight is 270 g/mol. The van der Waals surface area contributed by atoms with E-state index in [1.54, 1.807) is 12.1 Å². The number of hydrogen-bond acceptors (Lipinski definition) is 3. The van der Waals surface area contributed by atoms with Crippen molar-refractivity contribution >= 4 is 16.6 Å². The Kier molecular flexibility index (Phi) is 3.50. The number of alkyl halides is 3. The molecule has 1 aromatic heterocycles. The standard InChI is InChI=1S/C13H13F3N2O/c1-2-8-5-11(17)10-6-9(3-4-12(10)18-8)19-7-13(14,15)16/h3-6H,2,7H2,1H3,(H2,17,18). The lowest BCUT2D eigenvalue weighted by Gasteiger charge is -2.11. The molecule has 0 aliphatic rings. The van der Waals surface area contributed by atoms with Crippen molar-refractivity contribution in [3.05, 3.63) is 30.0 Å². The van der Waals surface area contributed by atoms with Crippen LogP contribution in [-0.2, 0) is 6.42 Å². The first-order valence-electron chi connectivity index (χ1n) is 5.78. The summed E-state index contributed by atoms with van der Waals surface area (Å²) in [4.78, 5) is 4.35. The molecule has 3 nitrogen and oxygen atoms in total. The zero-order chi connectivity index (χ0) is 14.0. The summed E-state index contributed by atoms with van der Waals surface area (Å²) in [6.45, 7) is 0.632. The van der Waals surface area contributed by atoms with E-state index >= 15 is 0 Å². The topological polar surface area (TPSA) is 48.1 Å². The van der Waals surface area contributed by atoms with Crippen molar-refractivity contribution in [1.29, 1.82) is 0 Å². The quantitative estimate of drug-likeness (QED) is 0.930. The minimum atomic E-state index is -4.36. The molecule has 0 atom stereocenters. The highest BCUT2D eigenvalue weighted by atomic mass is 19.4. The average Bonchev–Trinajstić information content (AvgIpc) is 2.35. The van der Waals surface area contributed by atoms with Crippen LogP contribution in [-0.4, -0.2) is 17.8 Å². The van der Waals surface area contributed by atoms with Crippen LogP contribution in [0.4, 0.5) is 18.9 Å². The van der Waals surface area contributed by atoms with Gasteiger partial charge in [-0.15, -0.1) is 0 Å². The smallest absolute Gasteiger partial charge is 0.422 e. The maximum atomic E-state index is 12.1. The molecule has 0 fully saturated rings. The molecule has 19 heavy (non-hydrogen) atoms. The minimum Gasteiger partial charge on any atom is -0.484 e. The molecule has 0 saturated carbocycles. The van der Waals surface area contributed by atoms with E-state index in [1.807, 2.05) is 6.92 Å². The maximum Gasteiger partial charge on any atom is 0.422 e. The van der Waals surface area contributed by atoms with Gasteiger partial charge in [-0.2, -0.15) is 13.2 Å². The Balaban J connectivity index is 2.33. The summed E-state index contributed by atoms with van der Waals surface area (Å²) >= 11 is 0. The van der Waals surface area contributed by atoms with Gasteiger partial charge in [-0.25, -0.2) is 0 Å². The summed E-state index contributed by atoms with van der Waals surface area (Å²) in [5, 5.41) is 0.594. The second-order valence-electron chi connectivity index (χ2n) is 4.14. The largest absolute Gasteiger partial charge is 0.484 e. The molecule has 0 amide bonds. The second kappa shape index (κ2) is 4.95. The Bertz CT molecular complexity index is 596.